The Morgan fingerprint density at radius 2 is 2.43 bits per heavy atom. The van der Waals surface area contributed by atoms with Crippen molar-refractivity contribution in [2.75, 3.05) is 7.11 Å². The minimum absolute atomic E-state index is 0.208. The summed E-state index contributed by atoms with van der Waals surface area (Å²) in [4.78, 5) is 0. The van der Waals surface area contributed by atoms with Crippen molar-refractivity contribution in [2.45, 2.75) is 19.4 Å². The zero-order valence-electron chi connectivity index (χ0n) is 4.64. The van der Waals surface area contributed by atoms with Crippen LogP contribution in [0.25, 0.3) is 0 Å². The van der Waals surface area contributed by atoms with Crippen LogP contribution in [0.5, 0.6) is 0 Å². The first-order valence-corrected chi connectivity index (χ1v) is 2.27. The summed E-state index contributed by atoms with van der Waals surface area (Å²) >= 11 is 0. The Balaban J connectivity index is 3.23. The molecule has 0 unspecified atom stereocenters. The Hall–Kier alpha value is -0.550. The Labute approximate surface area is 43.7 Å². The fourth-order valence-electron chi connectivity index (χ4n) is 0.311. The molecule has 0 aromatic carbocycles. The largest absolute Gasteiger partial charge is 0.367 e. The van der Waals surface area contributed by atoms with Gasteiger partial charge in [0, 0.05) is 7.11 Å². The van der Waals surface area contributed by atoms with Gasteiger partial charge in [0.1, 0.15) is 6.10 Å². The van der Waals surface area contributed by atoms with E-state index in [1.54, 1.807) is 0 Å². The quantitative estimate of drug-likeness (QED) is 0.516. The van der Waals surface area contributed by atoms with Gasteiger partial charge in [0.2, 0.25) is 0 Å². The molecule has 0 amide bonds. The predicted molar refractivity (Wildman–Crippen MR) is 26.7 cm³/mol. The second kappa shape index (κ2) is 3.63. The van der Waals surface area contributed by atoms with E-state index in [2.05, 4.69) is 4.74 Å². The lowest BCUT2D eigenvalue weighted by atomic mass is 10.3. The van der Waals surface area contributed by atoms with E-state index in [1.165, 1.54) is 7.11 Å². The molecule has 0 spiro atoms. The third-order valence-corrected chi connectivity index (χ3v) is 0.799. The van der Waals surface area contributed by atoms with Crippen LogP contribution in [0.1, 0.15) is 13.3 Å². The van der Waals surface area contributed by atoms with Crippen LogP contribution in [0.2, 0.25) is 0 Å². The molecule has 0 aliphatic rings. The minimum Gasteiger partial charge on any atom is -0.367 e. The third-order valence-electron chi connectivity index (χ3n) is 0.799. The topological polar surface area (TPSA) is 33.0 Å². The number of hydrogen-bond donors (Lipinski definition) is 0. The molecule has 1 atom stereocenters. The van der Waals surface area contributed by atoms with Crippen molar-refractivity contribution in [1.82, 2.24) is 0 Å². The molecule has 2 nitrogen and oxygen atoms in total. The molecule has 0 rings (SSSR count). The van der Waals surface area contributed by atoms with Gasteiger partial charge < -0.3 is 4.74 Å². The maximum atomic E-state index is 8.15. The van der Waals surface area contributed by atoms with Crippen molar-refractivity contribution in [2.24, 2.45) is 0 Å². The molecule has 0 fully saturated rings. The smallest absolute Gasteiger partial charge is 0.143 e. The lowest BCUT2D eigenvalue weighted by Gasteiger charge is -1.98. The molecule has 0 aliphatic heterocycles. The first-order chi connectivity index (χ1) is 3.35. The zero-order chi connectivity index (χ0) is 5.70. The van der Waals surface area contributed by atoms with Crippen molar-refractivity contribution in [3.63, 3.8) is 0 Å². The lowest BCUT2D eigenvalue weighted by Crippen LogP contribution is -2.03. The van der Waals surface area contributed by atoms with Gasteiger partial charge >= 0.3 is 0 Å². The molecule has 0 saturated heterocycles. The van der Waals surface area contributed by atoms with E-state index < -0.39 is 0 Å². The van der Waals surface area contributed by atoms with Crippen LogP contribution >= 0.6 is 0 Å². The van der Waals surface area contributed by atoms with E-state index in [0.29, 0.717) is 0 Å². The summed E-state index contributed by atoms with van der Waals surface area (Å²) in [6.45, 7) is 1.91. The molecule has 0 radical (unpaired) electrons. The number of rotatable bonds is 2. The van der Waals surface area contributed by atoms with E-state index in [-0.39, 0.29) is 6.10 Å². The van der Waals surface area contributed by atoms with E-state index >= 15 is 0 Å². The number of nitrogens with zero attached hydrogens (tertiary/aromatic N) is 1. The molecule has 7 heavy (non-hydrogen) atoms. The molecule has 0 aliphatic carbocycles. The average Bonchev–Trinajstić information content (AvgIpc) is 1.72. The molecule has 0 heterocycles. The Bertz CT molecular complexity index is 70.6. The second-order valence-corrected chi connectivity index (χ2v) is 1.26. The maximum Gasteiger partial charge on any atom is 0.143 e. The fourth-order valence-corrected chi connectivity index (χ4v) is 0.311. The summed E-state index contributed by atoms with van der Waals surface area (Å²) in [5.41, 5.74) is 0. The lowest BCUT2D eigenvalue weighted by molar-refractivity contribution is 0.143. The molecule has 2 heteroatoms. The minimum atomic E-state index is -0.208. The summed E-state index contributed by atoms with van der Waals surface area (Å²) in [6, 6.07) is 1.98. The first kappa shape index (κ1) is 6.45. The zero-order valence-corrected chi connectivity index (χ0v) is 4.64. The summed E-state index contributed by atoms with van der Waals surface area (Å²) in [7, 11) is 1.54. The molecular weight excluding hydrogens is 90.1 g/mol. The molecular formula is C5H9NO. The van der Waals surface area contributed by atoms with Gasteiger partial charge in [0.05, 0.1) is 6.07 Å². The van der Waals surface area contributed by atoms with Gasteiger partial charge in [-0.25, -0.2) is 0 Å². The number of nitriles is 1. The third kappa shape index (κ3) is 2.18. The van der Waals surface area contributed by atoms with Gasteiger partial charge in [-0.3, -0.25) is 0 Å². The van der Waals surface area contributed by atoms with E-state index in [1.807, 2.05) is 13.0 Å². The van der Waals surface area contributed by atoms with Crippen LogP contribution in [0, 0.1) is 11.3 Å². The van der Waals surface area contributed by atoms with Crippen LogP contribution in [0.4, 0.5) is 0 Å². The van der Waals surface area contributed by atoms with E-state index in [0.717, 1.165) is 6.42 Å². The maximum absolute atomic E-state index is 8.15. The van der Waals surface area contributed by atoms with Crippen LogP contribution < -0.4 is 0 Å². The SMILES string of the molecule is CC[C@H](C#N)OC. The van der Waals surface area contributed by atoms with Crippen LogP contribution in [0.15, 0.2) is 0 Å². The van der Waals surface area contributed by atoms with Gasteiger partial charge in [-0.15, -0.1) is 0 Å². The van der Waals surface area contributed by atoms with Crippen molar-refractivity contribution in [3.8, 4) is 6.07 Å². The normalized spacial score (nSPS) is 12.7. The van der Waals surface area contributed by atoms with Crippen LogP contribution in [-0.4, -0.2) is 13.2 Å². The second-order valence-electron chi connectivity index (χ2n) is 1.26. The molecule has 40 valence electrons. The monoisotopic (exact) mass is 99.1 g/mol. The summed E-state index contributed by atoms with van der Waals surface area (Å²) < 4.78 is 4.69. The highest BCUT2D eigenvalue weighted by molar-refractivity contribution is 4.81. The average molecular weight is 99.1 g/mol. The highest BCUT2D eigenvalue weighted by atomic mass is 16.5. The Morgan fingerprint density at radius 1 is 1.86 bits per heavy atom. The summed E-state index contributed by atoms with van der Waals surface area (Å²) in [5.74, 6) is 0. The molecule has 0 saturated carbocycles. The summed E-state index contributed by atoms with van der Waals surface area (Å²) in [5, 5.41) is 8.15. The van der Waals surface area contributed by atoms with Crippen molar-refractivity contribution in [3.05, 3.63) is 0 Å². The van der Waals surface area contributed by atoms with Gasteiger partial charge in [0.15, 0.2) is 0 Å². The van der Waals surface area contributed by atoms with Gasteiger partial charge in [-0.1, -0.05) is 6.92 Å². The summed E-state index contributed by atoms with van der Waals surface area (Å²) in [6.07, 6.45) is 0.562. The van der Waals surface area contributed by atoms with Gasteiger partial charge in [-0.05, 0) is 6.42 Å². The standard InChI is InChI=1S/C5H9NO/c1-3-5(4-6)7-2/h5H,3H2,1-2H3/t5-/m1/s1. The number of hydrogen-bond acceptors (Lipinski definition) is 2. The van der Waals surface area contributed by atoms with Crippen LogP contribution in [-0.2, 0) is 4.74 Å². The van der Waals surface area contributed by atoms with Crippen molar-refractivity contribution < 1.29 is 4.74 Å². The van der Waals surface area contributed by atoms with Crippen molar-refractivity contribution >= 4 is 0 Å². The molecule has 0 N–H and O–H groups in total. The van der Waals surface area contributed by atoms with Crippen LogP contribution in [0.3, 0.4) is 0 Å². The molecule has 0 aromatic rings. The molecule has 0 bridgehead atoms. The van der Waals surface area contributed by atoms with E-state index in [4.69, 9.17) is 5.26 Å². The number of methoxy groups -OCH3 is 1. The van der Waals surface area contributed by atoms with Crippen molar-refractivity contribution in [1.29, 1.82) is 5.26 Å². The Kier molecular flexibility index (Phi) is 3.35. The highest BCUT2D eigenvalue weighted by Crippen LogP contribution is 1.90. The molecule has 0 aromatic heterocycles. The predicted octanol–water partition coefficient (Wildman–Crippen LogP) is 0.935. The number of ether oxygens (including phenoxy) is 1. The highest BCUT2D eigenvalue weighted by Gasteiger charge is 1.96. The van der Waals surface area contributed by atoms with Gasteiger partial charge in [0.25, 0.3) is 0 Å². The van der Waals surface area contributed by atoms with E-state index in [9.17, 15) is 0 Å². The Morgan fingerprint density at radius 3 is 2.43 bits per heavy atom. The first-order valence-electron chi connectivity index (χ1n) is 2.27. The fraction of sp³-hybridized carbons (Fsp3) is 0.800. The van der Waals surface area contributed by atoms with Gasteiger partial charge in [-0.2, -0.15) is 5.26 Å².